The number of aromatic nitrogens is 4. The molecule has 1 aliphatic carbocycles. The van der Waals surface area contributed by atoms with E-state index in [1.807, 2.05) is 0 Å². The Morgan fingerprint density at radius 2 is 2.14 bits per heavy atom. The van der Waals surface area contributed by atoms with Crippen LogP contribution in [0.25, 0.3) is 0 Å². The normalized spacial score (nSPS) is 17.1. The molecule has 2 aromatic rings. The highest BCUT2D eigenvalue weighted by atomic mass is 32.2. The summed E-state index contributed by atoms with van der Waals surface area (Å²) in [5.41, 5.74) is 0. The van der Waals surface area contributed by atoms with Crippen molar-refractivity contribution in [2.75, 3.05) is 0 Å². The summed E-state index contributed by atoms with van der Waals surface area (Å²) in [5.74, 6) is 0.571. The van der Waals surface area contributed by atoms with Crippen molar-refractivity contribution in [3.05, 3.63) is 23.3 Å². The van der Waals surface area contributed by atoms with Gasteiger partial charge in [0.05, 0.1) is 12.6 Å². The lowest BCUT2D eigenvalue weighted by atomic mass is 9.96. The Balaban J connectivity index is 1.70. The first-order valence-electron chi connectivity index (χ1n) is 6.97. The van der Waals surface area contributed by atoms with Crippen molar-refractivity contribution in [3.63, 3.8) is 0 Å². The van der Waals surface area contributed by atoms with Crippen LogP contribution in [0.3, 0.4) is 0 Å². The molecule has 0 atom stereocenters. The molecule has 3 rings (SSSR count). The third kappa shape index (κ3) is 3.30. The SMILES string of the molecule is O=S(=O)(NCc1nnnn1C1CCCCC1)c1cccs1. The average Bonchev–Trinajstić information content (AvgIpc) is 3.18. The van der Waals surface area contributed by atoms with E-state index in [2.05, 4.69) is 20.2 Å². The number of nitrogens with zero attached hydrogens (tertiary/aromatic N) is 4. The minimum absolute atomic E-state index is 0.115. The Morgan fingerprint density at radius 3 is 2.86 bits per heavy atom. The van der Waals surface area contributed by atoms with Crippen molar-refractivity contribution in [1.82, 2.24) is 24.9 Å². The van der Waals surface area contributed by atoms with Gasteiger partial charge in [-0.25, -0.2) is 17.8 Å². The molecular weight excluding hydrogens is 310 g/mol. The van der Waals surface area contributed by atoms with Gasteiger partial charge in [0.25, 0.3) is 0 Å². The Morgan fingerprint density at radius 1 is 1.33 bits per heavy atom. The van der Waals surface area contributed by atoms with Gasteiger partial charge in [-0.2, -0.15) is 0 Å². The topological polar surface area (TPSA) is 89.8 Å². The van der Waals surface area contributed by atoms with E-state index >= 15 is 0 Å². The molecule has 0 aromatic carbocycles. The fourth-order valence-electron chi connectivity index (χ4n) is 2.58. The number of rotatable bonds is 5. The van der Waals surface area contributed by atoms with Crippen LogP contribution in [0.4, 0.5) is 0 Å². The van der Waals surface area contributed by atoms with Gasteiger partial charge >= 0.3 is 0 Å². The Bertz CT molecular complexity index is 674. The molecule has 0 saturated heterocycles. The first kappa shape index (κ1) is 14.6. The van der Waals surface area contributed by atoms with E-state index in [0.29, 0.717) is 10.0 Å². The number of thiophene rings is 1. The van der Waals surface area contributed by atoms with Crippen LogP contribution in [0.15, 0.2) is 21.7 Å². The van der Waals surface area contributed by atoms with E-state index in [9.17, 15) is 8.42 Å². The Hall–Kier alpha value is -1.32. The summed E-state index contributed by atoms with van der Waals surface area (Å²) in [5, 5.41) is 13.4. The molecule has 9 heteroatoms. The first-order valence-corrected chi connectivity index (χ1v) is 9.33. The fraction of sp³-hybridized carbons (Fsp3) is 0.583. The van der Waals surface area contributed by atoms with E-state index in [1.165, 1.54) is 30.6 Å². The van der Waals surface area contributed by atoms with Crippen LogP contribution >= 0.6 is 11.3 Å². The quantitative estimate of drug-likeness (QED) is 0.903. The molecular formula is C12H17N5O2S2. The predicted molar refractivity (Wildman–Crippen MR) is 78.3 cm³/mol. The summed E-state index contributed by atoms with van der Waals surface area (Å²) in [6.07, 6.45) is 5.69. The molecule has 2 aromatic heterocycles. The first-order chi connectivity index (χ1) is 10.2. The van der Waals surface area contributed by atoms with Crippen molar-refractivity contribution < 1.29 is 8.42 Å². The molecule has 0 aliphatic heterocycles. The van der Waals surface area contributed by atoms with Gasteiger partial charge in [0.15, 0.2) is 5.82 Å². The van der Waals surface area contributed by atoms with Gasteiger partial charge in [-0.1, -0.05) is 25.3 Å². The van der Waals surface area contributed by atoms with Crippen molar-refractivity contribution >= 4 is 21.4 Å². The van der Waals surface area contributed by atoms with Crippen LogP contribution in [-0.2, 0) is 16.6 Å². The molecule has 1 aliphatic rings. The minimum Gasteiger partial charge on any atom is -0.225 e. The van der Waals surface area contributed by atoms with Gasteiger partial charge in [-0.05, 0) is 34.7 Å². The van der Waals surface area contributed by atoms with E-state index in [0.717, 1.165) is 12.8 Å². The molecule has 0 bridgehead atoms. The molecule has 21 heavy (non-hydrogen) atoms. The molecule has 7 nitrogen and oxygen atoms in total. The largest absolute Gasteiger partial charge is 0.250 e. The van der Waals surface area contributed by atoms with Gasteiger partial charge in [-0.3, -0.25) is 0 Å². The van der Waals surface area contributed by atoms with Gasteiger partial charge in [0.1, 0.15) is 4.21 Å². The molecule has 114 valence electrons. The van der Waals surface area contributed by atoms with Crippen molar-refractivity contribution in [2.45, 2.75) is 48.9 Å². The van der Waals surface area contributed by atoms with Gasteiger partial charge in [-0.15, -0.1) is 16.4 Å². The van der Waals surface area contributed by atoms with Crippen LogP contribution in [0.2, 0.25) is 0 Å². The zero-order valence-electron chi connectivity index (χ0n) is 11.5. The number of hydrogen-bond acceptors (Lipinski definition) is 6. The summed E-state index contributed by atoms with van der Waals surface area (Å²) in [7, 11) is -3.48. The number of nitrogens with one attached hydrogen (secondary N) is 1. The van der Waals surface area contributed by atoms with Crippen molar-refractivity contribution in [3.8, 4) is 0 Å². The molecule has 0 amide bonds. The van der Waals surface area contributed by atoms with E-state index < -0.39 is 10.0 Å². The summed E-state index contributed by atoms with van der Waals surface area (Å²) in [6.45, 7) is 0.115. The highest BCUT2D eigenvalue weighted by Crippen LogP contribution is 2.27. The third-order valence-electron chi connectivity index (χ3n) is 3.66. The highest BCUT2D eigenvalue weighted by molar-refractivity contribution is 7.91. The average molecular weight is 327 g/mol. The minimum atomic E-state index is -3.48. The lowest BCUT2D eigenvalue weighted by Crippen LogP contribution is -2.26. The molecule has 1 fully saturated rings. The Kier molecular flexibility index (Phi) is 4.32. The summed E-state index contributed by atoms with van der Waals surface area (Å²) < 4.78 is 28.8. The second-order valence-electron chi connectivity index (χ2n) is 5.09. The Labute approximate surface area is 127 Å². The van der Waals surface area contributed by atoms with E-state index in [1.54, 1.807) is 22.2 Å². The summed E-state index contributed by atoms with van der Waals surface area (Å²) in [6, 6.07) is 3.58. The number of sulfonamides is 1. The molecule has 1 saturated carbocycles. The maximum atomic E-state index is 12.1. The zero-order valence-corrected chi connectivity index (χ0v) is 13.1. The summed E-state index contributed by atoms with van der Waals surface area (Å²) >= 11 is 1.19. The number of hydrogen-bond donors (Lipinski definition) is 1. The van der Waals surface area contributed by atoms with Crippen LogP contribution in [0.1, 0.15) is 44.0 Å². The maximum Gasteiger partial charge on any atom is 0.250 e. The molecule has 0 radical (unpaired) electrons. The maximum absolute atomic E-state index is 12.1. The van der Waals surface area contributed by atoms with Crippen molar-refractivity contribution in [2.24, 2.45) is 0 Å². The third-order valence-corrected chi connectivity index (χ3v) is 6.46. The number of tetrazole rings is 1. The lowest BCUT2D eigenvalue weighted by molar-refractivity contribution is 0.316. The van der Waals surface area contributed by atoms with Crippen LogP contribution in [0, 0.1) is 0 Å². The molecule has 0 unspecified atom stereocenters. The van der Waals surface area contributed by atoms with Crippen LogP contribution < -0.4 is 4.72 Å². The smallest absolute Gasteiger partial charge is 0.225 e. The fourth-order valence-corrected chi connectivity index (χ4v) is 4.60. The van der Waals surface area contributed by atoms with E-state index in [-0.39, 0.29) is 12.6 Å². The standard InChI is InChI=1S/C12H17N5O2S2/c18-21(19,12-7-4-8-20-12)13-9-11-14-15-16-17(11)10-5-2-1-3-6-10/h4,7-8,10,13H,1-3,5-6,9H2. The van der Waals surface area contributed by atoms with Gasteiger partial charge in [0, 0.05) is 0 Å². The van der Waals surface area contributed by atoms with Gasteiger partial charge < -0.3 is 0 Å². The highest BCUT2D eigenvalue weighted by Gasteiger charge is 2.22. The molecule has 1 N–H and O–H groups in total. The predicted octanol–water partition coefficient (Wildman–Crippen LogP) is 1.72. The van der Waals surface area contributed by atoms with Crippen LogP contribution in [0.5, 0.6) is 0 Å². The summed E-state index contributed by atoms with van der Waals surface area (Å²) in [4.78, 5) is 0. The molecule has 0 spiro atoms. The van der Waals surface area contributed by atoms with Gasteiger partial charge in [0.2, 0.25) is 10.0 Å². The van der Waals surface area contributed by atoms with Crippen molar-refractivity contribution in [1.29, 1.82) is 0 Å². The second-order valence-corrected chi connectivity index (χ2v) is 8.03. The monoisotopic (exact) mass is 327 g/mol. The second kappa shape index (κ2) is 6.20. The van der Waals surface area contributed by atoms with E-state index in [4.69, 9.17) is 0 Å². The zero-order chi connectivity index (χ0) is 14.7. The molecule has 2 heterocycles. The lowest BCUT2D eigenvalue weighted by Gasteiger charge is -2.22. The van der Waals surface area contributed by atoms with Crippen LogP contribution in [-0.4, -0.2) is 28.6 Å².